The van der Waals surface area contributed by atoms with E-state index in [2.05, 4.69) is 18.7 Å². The Labute approximate surface area is 114 Å². The van der Waals surface area contributed by atoms with Gasteiger partial charge in [-0.1, -0.05) is 12.1 Å². The van der Waals surface area contributed by atoms with Crippen LogP contribution in [0.2, 0.25) is 0 Å². The van der Waals surface area contributed by atoms with Gasteiger partial charge < -0.3 is 14.6 Å². The largest absolute Gasteiger partial charge is 0.497 e. The first kappa shape index (κ1) is 14.3. The van der Waals surface area contributed by atoms with Gasteiger partial charge in [-0.2, -0.15) is 0 Å². The van der Waals surface area contributed by atoms with Gasteiger partial charge in [0.25, 0.3) is 0 Å². The number of aliphatic hydroxyl groups excluding tert-OH is 1. The Balaban J connectivity index is 2.02. The second-order valence-electron chi connectivity index (χ2n) is 5.13. The summed E-state index contributed by atoms with van der Waals surface area (Å²) in [6, 6.07) is 7.69. The molecule has 1 aliphatic rings. The molecule has 0 saturated carbocycles. The normalized spacial score (nSPS) is 23.9. The second kappa shape index (κ2) is 6.37. The maximum absolute atomic E-state index is 10.5. The zero-order chi connectivity index (χ0) is 13.8. The minimum Gasteiger partial charge on any atom is -0.497 e. The van der Waals surface area contributed by atoms with Crippen LogP contribution in [-0.4, -0.2) is 49.0 Å². The van der Waals surface area contributed by atoms with Crippen LogP contribution in [0, 0.1) is 0 Å². The summed E-state index contributed by atoms with van der Waals surface area (Å²) in [5.74, 6) is 0.809. The molecular weight excluding hydrogens is 242 g/mol. The van der Waals surface area contributed by atoms with Crippen LogP contribution in [0.5, 0.6) is 5.75 Å². The predicted octanol–water partition coefficient (Wildman–Crippen LogP) is 1.84. The quantitative estimate of drug-likeness (QED) is 0.902. The van der Waals surface area contributed by atoms with E-state index in [1.54, 1.807) is 7.11 Å². The molecule has 3 unspecified atom stereocenters. The number of aliphatic hydroxyl groups is 1. The lowest BCUT2D eigenvalue weighted by molar-refractivity contribution is -0.0541. The van der Waals surface area contributed by atoms with E-state index in [4.69, 9.17) is 9.47 Å². The predicted molar refractivity (Wildman–Crippen MR) is 74.4 cm³/mol. The van der Waals surface area contributed by atoms with E-state index in [0.717, 1.165) is 31.0 Å². The van der Waals surface area contributed by atoms with Gasteiger partial charge in [0.15, 0.2) is 0 Å². The molecule has 1 N–H and O–H groups in total. The Kier molecular flexibility index (Phi) is 4.80. The summed E-state index contributed by atoms with van der Waals surface area (Å²) in [6.07, 6.45) is -0.254. The van der Waals surface area contributed by atoms with Crippen molar-refractivity contribution in [3.63, 3.8) is 0 Å². The second-order valence-corrected chi connectivity index (χ2v) is 5.13. The van der Waals surface area contributed by atoms with E-state index in [1.165, 1.54) is 0 Å². The van der Waals surface area contributed by atoms with Crippen LogP contribution in [0.3, 0.4) is 0 Å². The lowest BCUT2D eigenvalue weighted by Gasteiger charge is -2.37. The first-order valence-corrected chi connectivity index (χ1v) is 6.79. The standard InChI is InChI=1S/C15H23NO3/c1-11-10-16(8-9-19-11)12(2)15(17)13-4-6-14(18-3)7-5-13/h4-7,11-12,15,17H,8-10H2,1-3H3. The minimum atomic E-state index is -0.490. The molecule has 1 heterocycles. The molecule has 1 aliphatic heterocycles. The van der Waals surface area contributed by atoms with E-state index < -0.39 is 6.10 Å². The molecule has 1 aromatic rings. The van der Waals surface area contributed by atoms with Crippen LogP contribution in [0.25, 0.3) is 0 Å². The van der Waals surface area contributed by atoms with E-state index in [-0.39, 0.29) is 12.1 Å². The fraction of sp³-hybridized carbons (Fsp3) is 0.600. The van der Waals surface area contributed by atoms with Gasteiger partial charge >= 0.3 is 0 Å². The smallest absolute Gasteiger partial charge is 0.118 e. The maximum atomic E-state index is 10.5. The third kappa shape index (κ3) is 3.47. The van der Waals surface area contributed by atoms with Crippen LogP contribution >= 0.6 is 0 Å². The molecule has 0 radical (unpaired) electrons. The lowest BCUT2D eigenvalue weighted by Crippen LogP contribution is -2.47. The molecule has 0 bridgehead atoms. The van der Waals surface area contributed by atoms with Gasteiger partial charge in [0.2, 0.25) is 0 Å². The SMILES string of the molecule is COc1ccc(C(O)C(C)N2CCOC(C)C2)cc1. The zero-order valence-corrected chi connectivity index (χ0v) is 11.9. The summed E-state index contributed by atoms with van der Waals surface area (Å²) in [5.41, 5.74) is 0.924. The van der Waals surface area contributed by atoms with Gasteiger partial charge in [-0.05, 0) is 31.5 Å². The van der Waals surface area contributed by atoms with Gasteiger partial charge in [-0.15, -0.1) is 0 Å². The number of hydrogen-bond donors (Lipinski definition) is 1. The van der Waals surface area contributed by atoms with Crippen molar-refractivity contribution in [2.75, 3.05) is 26.8 Å². The Morgan fingerprint density at radius 3 is 2.63 bits per heavy atom. The number of hydrogen-bond acceptors (Lipinski definition) is 4. The van der Waals surface area contributed by atoms with E-state index in [0.29, 0.717) is 0 Å². The summed E-state index contributed by atoms with van der Waals surface area (Å²) in [7, 11) is 1.64. The molecule has 0 aromatic heterocycles. The molecule has 0 aliphatic carbocycles. The van der Waals surface area contributed by atoms with Crippen molar-refractivity contribution < 1.29 is 14.6 Å². The van der Waals surface area contributed by atoms with Gasteiger partial charge in [0.1, 0.15) is 5.75 Å². The Bertz CT molecular complexity index is 393. The molecule has 1 saturated heterocycles. The van der Waals surface area contributed by atoms with Gasteiger partial charge in [0.05, 0.1) is 25.9 Å². The Morgan fingerprint density at radius 1 is 1.37 bits per heavy atom. The molecule has 4 heteroatoms. The van der Waals surface area contributed by atoms with Crippen molar-refractivity contribution in [2.45, 2.75) is 32.1 Å². The summed E-state index contributed by atoms with van der Waals surface area (Å²) < 4.78 is 10.7. The highest BCUT2D eigenvalue weighted by Gasteiger charge is 2.27. The molecule has 1 fully saturated rings. The van der Waals surface area contributed by atoms with Crippen molar-refractivity contribution in [3.8, 4) is 5.75 Å². The van der Waals surface area contributed by atoms with Crippen molar-refractivity contribution >= 4 is 0 Å². The van der Waals surface area contributed by atoms with Gasteiger partial charge in [-0.3, -0.25) is 4.90 Å². The topological polar surface area (TPSA) is 41.9 Å². The number of benzene rings is 1. The third-order valence-corrected chi connectivity index (χ3v) is 3.76. The maximum Gasteiger partial charge on any atom is 0.118 e. The molecule has 3 atom stereocenters. The van der Waals surface area contributed by atoms with E-state index in [1.807, 2.05) is 24.3 Å². The molecule has 1 aromatic carbocycles. The summed E-state index contributed by atoms with van der Waals surface area (Å²) in [5, 5.41) is 10.5. The van der Waals surface area contributed by atoms with Crippen LogP contribution < -0.4 is 4.74 Å². The number of methoxy groups -OCH3 is 1. The Morgan fingerprint density at radius 2 is 2.05 bits per heavy atom. The summed E-state index contributed by atoms with van der Waals surface area (Å²) in [4.78, 5) is 2.28. The molecule has 2 rings (SSSR count). The fourth-order valence-corrected chi connectivity index (χ4v) is 2.49. The first-order chi connectivity index (χ1) is 9.11. The highest BCUT2D eigenvalue weighted by Crippen LogP contribution is 2.24. The van der Waals surface area contributed by atoms with Crippen molar-refractivity contribution in [1.82, 2.24) is 4.90 Å². The van der Waals surface area contributed by atoms with Crippen LogP contribution in [0.1, 0.15) is 25.5 Å². The molecule has 0 spiro atoms. The number of nitrogens with zero attached hydrogens (tertiary/aromatic N) is 1. The Hall–Kier alpha value is -1.10. The van der Waals surface area contributed by atoms with E-state index in [9.17, 15) is 5.11 Å². The minimum absolute atomic E-state index is 0.0831. The molecular formula is C15H23NO3. The lowest BCUT2D eigenvalue weighted by atomic mass is 10.0. The third-order valence-electron chi connectivity index (χ3n) is 3.76. The van der Waals surface area contributed by atoms with Crippen LogP contribution in [0.15, 0.2) is 24.3 Å². The van der Waals surface area contributed by atoms with Crippen molar-refractivity contribution in [2.24, 2.45) is 0 Å². The average Bonchev–Trinajstić information content (AvgIpc) is 2.46. The number of ether oxygens (including phenoxy) is 2. The number of morpholine rings is 1. The molecule has 4 nitrogen and oxygen atoms in total. The molecule has 0 amide bonds. The summed E-state index contributed by atoms with van der Waals surface area (Å²) in [6.45, 7) is 6.61. The highest BCUT2D eigenvalue weighted by molar-refractivity contribution is 5.29. The summed E-state index contributed by atoms with van der Waals surface area (Å²) >= 11 is 0. The highest BCUT2D eigenvalue weighted by atomic mass is 16.5. The van der Waals surface area contributed by atoms with Gasteiger partial charge in [0, 0.05) is 19.1 Å². The average molecular weight is 265 g/mol. The monoisotopic (exact) mass is 265 g/mol. The van der Waals surface area contributed by atoms with E-state index >= 15 is 0 Å². The first-order valence-electron chi connectivity index (χ1n) is 6.79. The molecule has 19 heavy (non-hydrogen) atoms. The van der Waals surface area contributed by atoms with Crippen LogP contribution in [-0.2, 0) is 4.74 Å². The van der Waals surface area contributed by atoms with Crippen molar-refractivity contribution in [1.29, 1.82) is 0 Å². The zero-order valence-electron chi connectivity index (χ0n) is 11.9. The van der Waals surface area contributed by atoms with Crippen LogP contribution in [0.4, 0.5) is 0 Å². The van der Waals surface area contributed by atoms with Gasteiger partial charge in [-0.25, -0.2) is 0 Å². The number of rotatable bonds is 4. The molecule has 106 valence electrons. The van der Waals surface area contributed by atoms with Crippen molar-refractivity contribution in [3.05, 3.63) is 29.8 Å². The fourth-order valence-electron chi connectivity index (χ4n) is 2.49.